The van der Waals surface area contributed by atoms with Gasteiger partial charge in [0.1, 0.15) is 0 Å². The van der Waals surface area contributed by atoms with E-state index in [1.165, 1.54) is 19.4 Å². The van der Waals surface area contributed by atoms with Gasteiger partial charge in [-0.05, 0) is 45.9 Å². The fraction of sp³-hybridized carbons (Fsp3) is 1.00. The quantitative estimate of drug-likeness (QED) is 0.541. The summed E-state index contributed by atoms with van der Waals surface area (Å²) in [6, 6.07) is 0. The first-order valence-electron chi connectivity index (χ1n) is 5.69. The molecule has 3 nitrogen and oxygen atoms in total. The lowest BCUT2D eigenvalue weighted by Gasteiger charge is -2.15. The third kappa shape index (κ3) is 9.96. The molecule has 0 aromatic heterocycles. The molecule has 0 aromatic rings. The number of nitrogens with one attached hydrogen (secondary N) is 1. The average Bonchev–Trinajstić information content (AvgIpc) is 2.18. The standard InChI is InChI=1S/C11H26N2O/c1-4-12-8-5-6-9-13(2)10-7-11-14-3/h12H,4-11H2,1-3H3. The van der Waals surface area contributed by atoms with Gasteiger partial charge in [0.05, 0.1) is 0 Å². The van der Waals surface area contributed by atoms with E-state index in [1.54, 1.807) is 7.11 Å². The highest BCUT2D eigenvalue weighted by molar-refractivity contribution is 4.53. The largest absolute Gasteiger partial charge is 0.385 e. The molecule has 0 aliphatic rings. The molecule has 14 heavy (non-hydrogen) atoms. The third-order valence-corrected chi connectivity index (χ3v) is 2.28. The van der Waals surface area contributed by atoms with Crippen molar-refractivity contribution in [2.24, 2.45) is 0 Å². The predicted molar refractivity (Wildman–Crippen MR) is 61.8 cm³/mol. The summed E-state index contributed by atoms with van der Waals surface area (Å²) < 4.78 is 5.01. The lowest BCUT2D eigenvalue weighted by molar-refractivity contribution is 0.179. The summed E-state index contributed by atoms with van der Waals surface area (Å²) in [5.41, 5.74) is 0. The highest BCUT2D eigenvalue weighted by Gasteiger charge is 1.97. The molecule has 0 unspecified atom stereocenters. The van der Waals surface area contributed by atoms with Crippen molar-refractivity contribution in [2.45, 2.75) is 26.2 Å². The van der Waals surface area contributed by atoms with Crippen molar-refractivity contribution in [3.8, 4) is 0 Å². The second-order valence-electron chi connectivity index (χ2n) is 3.71. The summed E-state index contributed by atoms with van der Waals surface area (Å²) in [6.07, 6.45) is 3.71. The van der Waals surface area contributed by atoms with Crippen molar-refractivity contribution in [1.82, 2.24) is 10.2 Å². The molecule has 0 aliphatic carbocycles. The van der Waals surface area contributed by atoms with Crippen LogP contribution in [0, 0.1) is 0 Å². The normalized spacial score (nSPS) is 11.1. The van der Waals surface area contributed by atoms with Crippen LogP contribution in [0.3, 0.4) is 0 Å². The Morgan fingerprint density at radius 2 is 1.86 bits per heavy atom. The first kappa shape index (κ1) is 13.9. The highest BCUT2D eigenvalue weighted by atomic mass is 16.5. The molecule has 0 spiro atoms. The van der Waals surface area contributed by atoms with Crippen LogP contribution in [0.1, 0.15) is 26.2 Å². The maximum Gasteiger partial charge on any atom is 0.0474 e. The molecule has 0 fully saturated rings. The molecule has 86 valence electrons. The van der Waals surface area contributed by atoms with Crippen LogP contribution in [-0.4, -0.2) is 51.8 Å². The maximum atomic E-state index is 5.01. The third-order valence-electron chi connectivity index (χ3n) is 2.28. The Morgan fingerprint density at radius 3 is 2.50 bits per heavy atom. The van der Waals surface area contributed by atoms with Gasteiger partial charge < -0.3 is 15.0 Å². The zero-order valence-electron chi connectivity index (χ0n) is 10.0. The Balaban J connectivity index is 3.06. The number of rotatable bonds is 10. The van der Waals surface area contributed by atoms with Gasteiger partial charge in [0.25, 0.3) is 0 Å². The van der Waals surface area contributed by atoms with E-state index in [1.807, 2.05) is 0 Å². The summed E-state index contributed by atoms with van der Waals surface area (Å²) in [6.45, 7) is 7.62. The van der Waals surface area contributed by atoms with Gasteiger partial charge in [-0.25, -0.2) is 0 Å². The molecule has 0 aliphatic heterocycles. The number of hydrogen-bond donors (Lipinski definition) is 1. The first-order chi connectivity index (χ1) is 6.81. The fourth-order valence-corrected chi connectivity index (χ4v) is 1.40. The zero-order valence-corrected chi connectivity index (χ0v) is 10.0. The minimum absolute atomic E-state index is 0.877. The van der Waals surface area contributed by atoms with Crippen LogP contribution in [0.25, 0.3) is 0 Å². The van der Waals surface area contributed by atoms with Gasteiger partial charge in [0.15, 0.2) is 0 Å². The van der Waals surface area contributed by atoms with Gasteiger partial charge in [0.2, 0.25) is 0 Å². The molecule has 0 radical (unpaired) electrons. The fourth-order valence-electron chi connectivity index (χ4n) is 1.40. The van der Waals surface area contributed by atoms with Crippen LogP contribution in [0.4, 0.5) is 0 Å². The minimum Gasteiger partial charge on any atom is -0.385 e. The van der Waals surface area contributed by atoms with E-state index in [2.05, 4.69) is 24.2 Å². The second-order valence-corrected chi connectivity index (χ2v) is 3.71. The smallest absolute Gasteiger partial charge is 0.0474 e. The van der Waals surface area contributed by atoms with E-state index in [0.717, 1.165) is 32.7 Å². The van der Waals surface area contributed by atoms with Gasteiger partial charge in [-0.2, -0.15) is 0 Å². The van der Waals surface area contributed by atoms with Crippen LogP contribution >= 0.6 is 0 Å². The zero-order chi connectivity index (χ0) is 10.6. The van der Waals surface area contributed by atoms with Crippen molar-refractivity contribution in [1.29, 1.82) is 0 Å². The van der Waals surface area contributed by atoms with Gasteiger partial charge in [-0.3, -0.25) is 0 Å². The summed E-state index contributed by atoms with van der Waals surface area (Å²) >= 11 is 0. The topological polar surface area (TPSA) is 24.5 Å². The molecule has 0 saturated heterocycles. The summed E-state index contributed by atoms with van der Waals surface area (Å²) in [7, 11) is 3.94. The molecular formula is C11H26N2O. The number of unbranched alkanes of at least 4 members (excludes halogenated alkanes) is 1. The number of hydrogen-bond acceptors (Lipinski definition) is 3. The van der Waals surface area contributed by atoms with Crippen LogP contribution in [0.2, 0.25) is 0 Å². The summed E-state index contributed by atoms with van der Waals surface area (Å²) in [4.78, 5) is 2.38. The van der Waals surface area contributed by atoms with Crippen molar-refractivity contribution in [3.63, 3.8) is 0 Å². The second kappa shape index (κ2) is 11.0. The molecule has 0 saturated carbocycles. The monoisotopic (exact) mass is 202 g/mol. The molecular weight excluding hydrogens is 176 g/mol. The van der Waals surface area contributed by atoms with E-state index in [9.17, 15) is 0 Å². The van der Waals surface area contributed by atoms with E-state index in [4.69, 9.17) is 4.74 Å². The predicted octanol–water partition coefficient (Wildman–Crippen LogP) is 1.34. The van der Waals surface area contributed by atoms with Gasteiger partial charge in [0, 0.05) is 20.3 Å². The minimum atomic E-state index is 0.877. The van der Waals surface area contributed by atoms with Crippen molar-refractivity contribution < 1.29 is 4.74 Å². The van der Waals surface area contributed by atoms with Crippen LogP contribution < -0.4 is 5.32 Å². The van der Waals surface area contributed by atoms with E-state index < -0.39 is 0 Å². The maximum absolute atomic E-state index is 5.01. The molecule has 0 amide bonds. The number of methoxy groups -OCH3 is 1. The molecule has 3 heteroatoms. The van der Waals surface area contributed by atoms with Crippen LogP contribution in [-0.2, 0) is 4.74 Å². The molecule has 0 bridgehead atoms. The Labute approximate surface area is 88.8 Å². The molecule has 1 N–H and O–H groups in total. The van der Waals surface area contributed by atoms with E-state index in [-0.39, 0.29) is 0 Å². The Bertz CT molecular complexity index is 109. The number of nitrogens with zero attached hydrogens (tertiary/aromatic N) is 1. The lowest BCUT2D eigenvalue weighted by atomic mass is 10.3. The Kier molecular flexibility index (Phi) is 10.9. The van der Waals surface area contributed by atoms with Crippen molar-refractivity contribution in [3.05, 3.63) is 0 Å². The van der Waals surface area contributed by atoms with E-state index in [0.29, 0.717) is 0 Å². The van der Waals surface area contributed by atoms with E-state index >= 15 is 0 Å². The Hall–Kier alpha value is -0.120. The number of ether oxygens (including phenoxy) is 1. The van der Waals surface area contributed by atoms with Crippen molar-refractivity contribution in [2.75, 3.05) is 46.9 Å². The SMILES string of the molecule is CCNCCCCN(C)CCCOC. The van der Waals surface area contributed by atoms with Gasteiger partial charge in [-0.15, -0.1) is 0 Å². The average molecular weight is 202 g/mol. The van der Waals surface area contributed by atoms with Crippen LogP contribution in [0.15, 0.2) is 0 Å². The van der Waals surface area contributed by atoms with Crippen LogP contribution in [0.5, 0.6) is 0 Å². The van der Waals surface area contributed by atoms with Crippen molar-refractivity contribution >= 4 is 0 Å². The summed E-state index contributed by atoms with van der Waals surface area (Å²) in [5.74, 6) is 0. The summed E-state index contributed by atoms with van der Waals surface area (Å²) in [5, 5.41) is 3.34. The van der Waals surface area contributed by atoms with Gasteiger partial charge >= 0.3 is 0 Å². The highest BCUT2D eigenvalue weighted by Crippen LogP contribution is 1.93. The Morgan fingerprint density at radius 1 is 1.14 bits per heavy atom. The molecule has 0 aromatic carbocycles. The molecule has 0 heterocycles. The molecule has 0 atom stereocenters. The first-order valence-corrected chi connectivity index (χ1v) is 5.69. The molecule has 0 rings (SSSR count). The van der Waals surface area contributed by atoms with Gasteiger partial charge in [-0.1, -0.05) is 6.92 Å². The lowest BCUT2D eigenvalue weighted by Crippen LogP contribution is -2.23.